The molecule has 0 saturated heterocycles. The van der Waals surface area contributed by atoms with Crippen LogP contribution in [0.1, 0.15) is 49.9 Å². The Morgan fingerprint density at radius 3 is 1.41 bits per heavy atom. The Morgan fingerprint density at radius 1 is 0.259 bits per heavy atom. The van der Waals surface area contributed by atoms with Crippen LogP contribution in [0.5, 0.6) is 0 Å². The second kappa shape index (κ2) is 11.9. The predicted molar refractivity (Wildman–Crippen MR) is 248 cm³/mol. The minimum atomic E-state index is -0.109. The summed E-state index contributed by atoms with van der Waals surface area (Å²) in [6, 6.07) is 68.7. The molecule has 274 valence electrons. The van der Waals surface area contributed by atoms with E-state index in [0.29, 0.717) is 0 Å². The number of rotatable bonds is 3. The van der Waals surface area contributed by atoms with Gasteiger partial charge in [-0.05, 0) is 139 Å². The SMILES string of the molecule is CC1(C)c2cc3ccccc3cc2-c2c(-c3ccc(-c4c5ccccc5c(-c5cc6c(c7ccccc57)-c5ccccc5C6(C)C)c5ccccc45)cc3)cccc21. The van der Waals surface area contributed by atoms with Crippen molar-refractivity contribution >= 4 is 43.1 Å². The van der Waals surface area contributed by atoms with E-state index in [1.807, 2.05) is 0 Å². The van der Waals surface area contributed by atoms with E-state index in [-0.39, 0.29) is 10.8 Å². The molecule has 0 amide bonds. The van der Waals surface area contributed by atoms with Crippen LogP contribution in [0.2, 0.25) is 0 Å². The lowest BCUT2D eigenvalue weighted by molar-refractivity contribution is 0.661. The third kappa shape index (κ3) is 4.46. The molecule has 0 aromatic heterocycles. The number of benzene rings is 10. The highest BCUT2D eigenvalue weighted by Gasteiger charge is 2.38. The fourth-order valence-electron chi connectivity index (χ4n) is 11.0. The summed E-state index contributed by atoms with van der Waals surface area (Å²) in [5, 5.41) is 10.3. The minimum absolute atomic E-state index is 0.0753. The summed E-state index contributed by atoms with van der Waals surface area (Å²) in [5.74, 6) is 0. The molecule has 0 fully saturated rings. The molecular formula is C58H42. The second-order valence-electron chi connectivity index (χ2n) is 17.6. The molecule has 10 aromatic carbocycles. The van der Waals surface area contributed by atoms with E-state index in [9.17, 15) is 0 Å². The summed E-state index contributed by atoms with van der Waals surface area (Å²) in [4.78, 5) is 0. The fourth-order valence-corrected chi connectivity index (χ4v) is 11.0. The van der Waals surface area contributed by atoms with Crippen molar-refractivity contribution in [2.24, 2.45) is 0 Å². The van der Waals surface area contributed by atoms with Gasteiger partial charge in [-0.15, -0.1) is 0 Å². The van der Waals surface area contributed by atoms with Crippen molar-refractivity contribution in [2.45, 2.75) is 38.5 Å². The highest BCUT2D eigenvalue weighted by Crippen LogP contribution is 2.56. The molecule has 0 N–H and O–H groups in total. The Balaban J connectivity index is 1.06. The first-order valence-electron chi connectivity index (χ1n) is 20.7. The van der Waals surface area contributed by atoms with Gasteiger partial charge >= 0.3 is 0 Å². The molecule has 0 aliphatic heterocycles. The topological polar surface area (TPSA) is 0 Å². The molecule has 58 heavy (non-hydrogen) atoms. The quantitative estimate of drug-likeness (QED) is 0.158. The van der Waals surface area contributed by atoms with Crippen LogP contribution in [0.4, 0.5) is 0 Å². The summed E-state index contributed by atoms with van der Waals surface area (Å²) >= 11 is 0. The van der Waals surface area contributed by atoms with E-state index < -0.39 is 0 Å². The van der Waals surface area contributed by atoms with Crippen LogP contribution in [0.15, 0.2) is 182 Å². The van der Waals surface area contributed by atoms with Gasteiger partial charge in [-0.1, -0.05) is 191 Å². The number of hydrogen-bond donors (Lipinski definition) is 0. The molecule has 0 bridgehead atoms. The van der Waals surface area contributed by atoms with Gasteiger partial charge in [0.2, 0.25) is 0 Å². The lowest BCUT2D eigenvalue weighted by Crippen LogP contribution is -2.15. The molecule has 0 heterocycles. The molecule has 0 unspecified atom stereocenters. The lowest BCUT2D eigenvalue weighted by atomic mass is 9.79. The molecule has 0 saturated carbocycles. The largest absolute Gasteiger partial charge is 0.0619 e. The van der Waals surface area contributed by atoms with Crippen LogP contribution in [0.25, 0.3) is 98.7 Å². The van der Waals surface area contributed by atoms with Crippen molar-refractivity contribution in [1.82, 2.24) is 0 Å². The Labute approximate surface area is 340 Å². The zero-order chi connectivity index (χ0) is 38.9. The van der Waals surface area contributed by atoms with Gasteiger partial charge in [-0.2, -0.15) is 0 Å². The first-order valence-corrected chi connectivity index (χ1v) is 20.7. The molecule has 0 radical (unpaired) electrons. The second-order valence-corrected chi connectivity index (χ2v) is 17.6. The maximum Gasteiger partial charge on any atom is 0.0159 e. The van der Waals surface area contributed by atoms with Crippen LogP contribution in [0, 0.1) is 0 Å². The van der Waals surface area contributed by atoms with Crippen molar-refractivity contribution in [3.05, 3.63) is 204 Å². The van der Waals surface area contributed by atoms with Gasteiger partial charge in [-0.25, -0.2) is 0 Å². The van der Waals surface area contributed by atoms with Gasteiger partial charge in [0.25, 0.3) is 0 Å². The first-order chi connectivity index (χ1) is 28.3. The van der Waals surface area contributed by atoms with E-state index in [0.717, 1.165) is 0 Å². The fraction of sp³-hybridized carbons (Fsp3) is 0.103. The van der Waals surface area contributed by atoms with E-state index in [1.54, 1.807) is 0 Å². The highest BCUT2D eigenvalue weighted by atomic mass is 14.4. The highest BCUT2D eigenvalue weighted by molar-refractivity contribution is 6.24. The number of hydrogen-bond acceptors (Lipinski definition) is 0. The molecule has 0 atom stereocenters. The molecular weight excluding hydrogens is 697 g/mol. The zero-order valence-corrected chi connectivity index (χ0v) is 33.3. The number of fused-ring (bicyclic) bond motifs is 11. The Kier molecular flexibility index (Phi) is 6.84. The van der Waals surface area contributed by atoms with Crippen molar-refractivity contribution in [3.8, 4) is 55.6 Å². The van der Waals surface area contributed by atoms with Gasteiger partial charge in [0.05, 0.1) is 0 Å². The van der Waals surface area contributed by atoms with Crippen molar-refractivity contribution in [3.63, 3.8) is 0 Å². The predicted octanol–water partition coefficient (Wildman–Crippen LogP) is 15.9. The van der Waals surface area contributed by atoms with E-state index in [4.69, 9.17) is 0 Å². The van der Waals surface area contributed by atoms with Gasteiger partial charge in [-0.3, -0.25) is 0 Å². The molecule has 10 aromatic rings. The van der Waals surface area contributed by atoms with Crippen LogP contribution < -0.4 is 0 Å². The molecule has 2 aliphatic rings. The Hall–Kier alpha value is -6.76. The van der Waals surface area contributed by atoms with Crippen molar-refractivity contribution in [2.75, 3.05) is 0 Å². The van der Waals surface area contributed by atoms with Crippen LogP contribution in [-0.4, -0.2) is 0 Å². The zero-order valence-electron chi connectivity index (χ0n) is 33.3. The summed E-state index contributed by atoms with van der Waals surface area (Å²) in [5.41, 5.74) is 18.6. The summed E-state index contributed by atoms with van der Waals surface area (Å²) in [6.45, 7) is 9.55. The van der Waals surface area contributed by atoms with Crippen LogP contribution in [-0.2, 0) is 10.8 Å². The standard InChI is InChI=1S/C58H42/c1-57(2)49-26-14-13-24-46(49)56-41-19-8-7-18-40(41)47(34-52(56)57)54-44-22-11-9-20-42(44)53(43-21-10-12-23-45(43)54)36-30-28-35(29-31-36)39-25-15-27-50-55(39)48-32-37-16-5-6-17-38(37)33-51(48)58(50,3)4/h5-34H,1-4H3. The molecule has 0 spiro atoms. The van der Waals surface area contributed by atoms with E-state index in [2.05, 4.69) is 210 Å². The summed E-state index contributed by atoms with van der Waals surface area (Å²) in [7, 11) is 0. The van der Waals surface area contributed by atoms with Gasteiger partial charge in [0, 0.05) is 10.8 Å². The molecule has 12 rings (SSSR count). The van der Waals surface area contributed by atoms with Crippen LogP contribution >= 0.6 is 0 Å². The average Bonchev–Trinajstić information content (AvgIpc) is 3.63. The van der Waals surface area contributed by atoms with Crippen molar-refractivity contribution < 1.29 is 0 Å². The Bertz CT molecular complexity index is 3320. The van der Waals surface area contributed by atoms with E-state index >= 15 is 0 Å². The van der Waals surface area contributed by atoms with Crippen molar-refractivity contribution in [1.29, 1.82) is 0 Å². The van der Waals surface area contributed by atoms with Gasteiger partial charge < -0.3 is 0 Å². The lowest BCUT2D eigenvalue weighted by Gasteiger charge is -2.24. The molecule has 0 heteroatoms. The van der Waals surface area contributed by atoms with Gasteiger partial charge in [0.1, 0.15) is 0 Å². The normalized spacial score (nSPS) is 14.5. The summed E-state index contributed by atoms with van der Waals surface area (Å²) < 4.78 is 0. The monoisotopic (exact) mass is 738 g/mol. The average molecular weight is 739 g/mol. The first kappa shape index (κ1) is 33.4. The van der Waals surface area contributed by atoms with E-state index in [1.165, 1.54) is 121 Å². The Morgan fingerprint density at radius 2 is 0.741 bits per heavy atom. The summed E-state index contributed by atoms with van der Waals surface area (Å²) in [6.07, 6.45) is 0. The third-order valence-corrected chi connectivity index (χ3v) is 13.8. The molecule has 0 nitrogen and oxygen atoms in total. The molecule has 2 aliphatic carbocycles. The minimum Gasteiger partial charge on any atom is -0.0619 e. The van der Waals surface area contributed by atoms with Gasteiger partial charge in [0.15, 0.2) is 0 Å². The maximum absolute atomic E-state index is 2.53. The maximum atomic E-state index is 2.53. The van der Waals surface area contributed by atoms with Crippen LogP contribution in [0.3, 0.4) is 0 Å². The smallest absolute Gasteiger partial charge is 0.0159 e. The third-order valence-electron chi connectivity index (χ3n) is 13.8.